The molecule has 4 heteroatoms. The molecule has 0 radical (unpaired) electrons. The Balaban J connectivity index is 1.76. The molecule has 4 nitrogen and oxygen atoms in total. The minimum absolute atomic E-state index is 0.0311. The molecule has 0 aromatic heterocycles. The van der Waals surface area contributed by atoms with E-state index in [1.165, 1.54) is 0 Å². The normalized spacial score (nSPS) is 15.1. The van der Waals surface area contributed by atoms with Crippen molar-refractivity contribution in [2.24, 2.45) is 0 Å². The second kappa shape index (κ2) is 6.02. The molecule has 0 atom stereocenters. The summed E-state index contributed by atoms with van der Waals surface area (Å²) in [4.78, 5) is 28.6. The van der Waals surface area contributed by atoms with Crippen molar-refractivity contribution < 1.29 is 9.59 Å². The topological polar surface area (TPSA) is 40.6 Å². The van der Waals surface area contributed by atoms with E-state index >= 15 is 0 Å². The van der Waals surface area contributed by atoms with E-state index in [1.54, 1.807) is 34.1 Å². The number of hydrogen-bond acceptors (Lipinski definition) is 2. The van der Waals surface area contributed by atoms with Gasteiger partial charge < -0.3 is 9.80 Å². The second-order valence-corrected chi connectivity index (χ2v) is 5.36. The van der Waals surface area contributed by atoms with Gasteiger partial charge in [-0.1, -0.05) is 36.4 Å². The van der Waals surface area contributed by atoms with Crippen LogP contribution in [0.25, 0.3) is 0 Å². The summed E-state index contributed by atoms with van der Waals surface area (Å²) in [7, 11) is 0. The molecule has 2 aromatic rings. The van der Waals surface area contributed by atoms with Crippen LogP contribution in [0.5, 0.6) is 0 Å². The van der Waals surface area contributed by atoms with Gasteiger partial charge in [0.2, 0.25) is 0 Å². The van der Waals surface area contributed by atoms with Crippen LogP contribution in [0.15, 0.2) is 60.7 Å². The van der Waals surface area contributed by atoms with Crippen LogP contribution in [0.4, 0.5) is 0 Å². The fraction of sp³-hybridized carbons (Fsp3) is 0.222. The maximum absolute atomic E-state index is 12.5. The van der Waals surface area contributed by atoms with Crippen LogP contribution in [0, 0.1) is 0 Å². The van der Waals surface area contributed by atoms with Gasteiger partial charge in [0.15, 0.2) is 0 Å². The molecule has 0 saturated carbocycles. The summed E-state index contributed by atoms with van der Waals surface area (Å²) in [5.74, 6) is -0.0621. The fourth-order valence-corrected chi connectivity index (χ4v) is 2.79. The Bertz CT molecular complexity index is 611. The third-order valence-electron chi connectivity index (χ3n) is 4.05. The predicted octanol–water partition coefficient (Wildman–Crippen LogP) is 2.63. The Hall–Kier alpha value is -2.62. The van der Waals surface area contributed by atoms with Crippen LogP contribution in [-0.2, 0) is 0 Å². The van der Waals surface area contributed by atoms with Gasteiger partial charge in [0.05, 0.1) is 0 Å². The van der Waals surface area contributed by atoms with E-state index < -0.39 is 0 Å². The van der Waals surface area contributed by atoms with Crippen molar-refractivity contribution >= 4 is 11.8 Å². The number of nitrogens with zero attached hydrogens (tertiary/aromatic N) is 2. The molecule has 2 amide bonds. The van der Waals surface area contributed by atoms with Crippen LogP contribution >= 0.6 is 0 Å². The summed E-state index contributed by atoms with van der Waals surface area (Å²) < 4.78 is 0. The standard InChI is InChI=1S/C18H18N2O2/c1-14-19(17(21)15-8-4-2-5-9-15)12-13-20(14)18(22)16-10-6-3-7-11-16/h2-11,14H,12-13H2,1H3. The van der Waals surface area contributed by atoms with Crippen LogP contribution in [-0.4, -0.2) is 40.9 Å². The van der Waals surface area contributed by atoms with Crippen molar-refractivity contribution in [3.05, 3.63) is 71.8 Å². The molecule has 0 unspecified atom stereocenters. The largest absolute Gasteiger partial charge is 0.317 e. The zero-order chi connectivity index (χ0) is 15.5. The molecule has 0 bridgehead atoms. The lowest BCUT2D eigenvalue weighted by molar-refractivity contribution is 0.0578. The predicted molar refractivity (Wildman–Crippen MR) is 84.4 cm³/mol. The first-order valence-electron chi connectivity index (χ1n) is 7.40. The molecule has 22 heavy (non-hydrogen) atoms. The summed E-state index contributed by atoms with van der Waals surface area (Å²) in [5.41, 5.74) is 1.31. The average Bonchev–Trinajstić information content (AvgIpc) is 2.96. The lowest BCUT2D eigenvalue weighted by Gasteiger charge is -2.27. The van der Waals surface area contributed by atoms with Crippen molar-refractivity contribution in [1.29, 1.82) is 0 Å². The Morgan fingerprint density at radius 1 is 0.773 bits per heavy atom. The second-order valence-electron chi connectivity index (χ2n) is 5.36. The first-order chi connectivity index (χ1) is 10.7. The van der Waals surface area contributed by atoms with Crippen LogP contribution in [0.1, 0.15) is 27.6 Å². The van der Waals surface area contributed by atoms with E-state index in [4.69, 9.17) is 0 Å². The van der Waals surface area contributed by atoms with Gasteiger partial charge in [-0.2, -0.15) is 0 Å². The van der Waals surface area contributed by atoms with Gasteiger partial charge in [0.25, 0.3) is 11.8 Å². The highest BCUT2D eigenvalue weighted by Crippen LogP contribution is 2.20. The van der Waals surface area contributed by atoms with Gasteiger partial charge in [0, 0.05) is 24.2 Å². The van der Waals surface area contributed by atoms with E-state index in [-0.39, 0.29) is 18.0 Å². The maximum Gasteiger partial charge on any atom is 0.255 e. The van der Waals surface area contributed by atoms with Gasteiger partial charge in [-0.25, -0.2) is 0 Å². The summed E-state index contributed by atoms with van der Waals surface area (Å²) in [6, 6.07) is 18.4. The Morgan fingerprint density at radius 2 is 1.14 bits per heavy atom. The Morgan fingerprint density at radius 3 is 1.50 bits per heavy atom. The molecule has 1 fully saturated rings. The van der Waals surface area contributed by atoms with Crippen molar-refractivity contribution in [2.75, 3.05) is 13.1 Å². The van der Waals surface area contributed by atoms with Crippen molar-refractivity contribution in [3.63, 3.8) is 0 Å². The molecular formula is C18H18N2O2. The van der Waals surface area contributed by atoms with Gasteiger partial charge in [0.1, 0.15) is 6.17 Å². The maximum atomic E-state index is 12.5. The molecule has 3 rings (SSSR count). The fourth-order valence-electron chi connectivity index (χ4n) is 2.79. The SMILES string of the molecule is CC1N(C(=O)c2ccccc2)CCN1C(=O)c1ccccc1. The highest BCUT2D eigenvalue weighted by Gasteiger charge is 2.35. The quantitative estimate of drug-likeness (QED) is 0.854. The summed E-state index contributed by atoms with van der Waals surface area (Å²) in [5, 5.41) is 0. The van der Waals surface area contributed by atoms with E-state index in [0.29, 0.717) is 24.2 Å². The molecule has 112 valence electrons. The van der Waals surface area contributed by atoms with Crippen LogP contribution in [0.3, 0.4) is 0 Å². The summed E-state index contributed by atoms with van der Waals surface area (Å²) >= 11 is 0. The van der Waals surface area contributed by atoms with Crippen molar-refractivity contribution in [3.8, 4) is 0 Å². The lowest BCUT2D eigenvalue weighted by atomic mass is 10.2. The molecule has 1 saturated heterocycles. The minimum Gasteiger partial charge on any atom is -0.317 e. The van der Waals surface area contributed by atoms with E-state index in [2.05, 4.69) is 0 Å². The number of carbonyl (C=O) groups excluding carboxylic acids is 2. The molecule has 0 N–H and O–H groups in total. The number of rotatable bonds is 2. The zero-order valence-electron chi connectivity index (χ0n) is 12.5. The van der Waals surface area contributed by atoms with Gasteiger partial charge >= 0.3 is 0 Å². The zero-order valence-corrected chi connectivity index (χ0v) is 12.5. The van der Waals surface area contributed by atoms with Gasteiger partial charge in [-0.05, 0) is 31.2 Å². The molecule has 1 aliphatic rings. The third kappa shape index (κ3) is 2.60. The molecular weight excluding hydrogens is 276 g/mol. The molecule has 0 spiro atoms. The van der Waals surface area contributed by atoms with Crippen LogP contribution < -0.4 is 0 Å². The Kier molecular flexibility index (Phi) is 3.92. The summed E-state index contributed by atoms with van der Waals surface area (Å²) in [6.45, 7) is 3.02. The molecule has 0 aliphatic carbocycles. The number of hydrogen-bond donors (Lipinski definition) is 0. The monoisotopic (exact) mass is 294 g/mol. The molecule has 1 heterocycles. The smallest absolute Gasteiger partial charge is 0.255 e. The first kappa shape index (κ1) is 14.3. The summed E-state index contributed by atoms with van der Waals surface area (Å²) in [6.07, 6.45) is -0.236. The first-order valence-corrected chi connectivity index (χ1v) is 7.40. The van der Waals surface area contributed by atoms with Gasteiger partial charge in [-0.15, -0.1) is 0 Å². The average molecular weight is 294 g/mol. The number of carbonyl (C=O) groups is 2. The van der Waals surface area contributed by atoms with E-state index in [9.17, 15) is 9.59 Å². The van der Waals surface area contributed by atoms with Crippen molar-refractivity contribution in [2.45, 2.75) is 13.1 Å². The lowest BCUT2D eigenvalue weighted by Crippen LogP contribution is -2.42. The Labute approximate surface area is 130 Å². The van der Waals surface area contributed by atoms with Crippen LogP contribution in [0.2, 0.25) is 0 Å². The highest BCUT2D eigenvalue weighted by atomic mass is 16.2. The third-order valence-corrected chi connectivity index (χ3v) is 4.05. The molecule has 1 aliphatic heterocycles. The van der Waals surface area contributed by atoms with E-state index in [1.807, 2.05) is 43.3 Å². The van der Waals surface area contributed by atoms with E-state index in [0.717, 1.165) is 0 Å². The van der Waals surface area contributed by atoms with Crippen molar-refractivity contribution in [1.82, 2.24) is 9.80 Å². The molecule has 2 aromatic carbocycles. The van der Waals surface area contributed by atoms with Gasteiger partial charge in [-0.3, -0.25) is 9.59 Å². The highest BCUT2D eigenvalue weighted by molar-refractivity contribution is 5.97. The number of benzene rings is 2. The number of amides is 2. The minimum atomic E-state index is -0.236.